The third kappa shape index (κ3) is 14.3. The Morgan fingerprint density at radius 1 is 0.613 bits per heavy atom. The molecule has 0 aromatic heterocycles. The van der Waals surface area contributed by atoms with Crippen molar-refractivity contribution in [2.45, 2.75) is 180 Å². The molecule has 3 aromatic carbocycles. The lowest BCUT2D eigenvalue weighted by Gasteiger charge is -2.36. The lowest BCUT2D eigenvalue weighted by Crippen LogP contribution is -2.59. The van der Waals surface area contributed by atoms with E-state index in [0.29, 0.717) is 6.42 Å². The van der Waals surface area contributed by atoms with Gasteiger partial charge in [-0.1, -0.05) is 97.0 Å². The first-order valence-corrected chi connectivity index (χ1v) is 28.7. The monoisotopic (exact) mass is 1100 g/mol. The van der Waals surface area contributed by atoms with Crippen LogP contribution >= 0.6 is 0 Å². The summed E-state index contributed by atoms with van der Waals surface area (Å²) in [6, 6.07) is 14.0. The predicted molar refractivity (Wildman–Crippen MR) is 307 cm³/mol. The van der Waals surface area contributed by atoms with E-state index in [1.807, 2.05) is 78.8 Å². The zero-order valence-electron chi connectivity index (χ0n) is 49.0. The Kier molecular flexibility index (Phi) is 19.7. The predicted octanol–water partition coefficient (Wildman–Crippen LogP) is 5.28. The summed E-state index contributed by atoms with van der Waals surface area (Å²) in [4.78, 5) is 118. The van der Waals surface area contributed by atoms with Crippen molar-refractivity contribution in [1.82, 2.24) is 47.0 Å². The minimum absolute atomic E-state index is 0.00548. The number of ether oxygens (including phenoxy) is 1. The Morgan fingerprint density at radius 2 is 1.07 bits per heavy atom. The molecule has 18 nitrogen and oxygen atoms in total. The number of carbonyl (C=O) groups excluding carboxylic acids is 8. The summed E-state index contributed by atoms with van der Waals surface area (Å²) in [6.45, 7) is 16.4. The van der Waals surface area contributed by atoms with E-state index in [1.165, 1.54) is 46.2 Å². The van der Waals surface area contributed by atoms with E-state index in [1.54, 1.807) is 27.9 Å². The molecule has 2 aliphatic carbocycles. The third-order valence-electron chi connectivity index (χ3n) is 16.9. The molecule has 0 saturated carbocycles. The molecule has 18 heteroatoms. The van der Waals surface area contributed by atoms with Gasteiger partial charge in [-0.2, -0.15) is 0 Å². The standard InChI is InChI=1S/C62H87N9O9/c1-35(27-40-23-17-21-38-19-13-15-24-46(38)40)51(72)49-31-43(33-70(49)59(78)52(61(4,5)6)68-54(73)36(2)63-10)65-56(75)41-28-42(30-45(29-41)80-12)57(76)66-44-32-50(58(77)67-48-26-18-22-39-20-14-16-25-47(39)48)71(34-44)60(79)53(62(7,8)9)69-55(74)37(3)64-11/h13-16,19-20,24-25,28-30,35-37,40,43-44,48-50,52-53,63-64H,17-18,21-23,26-27,31-34H2,1-12H3,(H,65,75)(H,66,76)(H,67,77)(H,68,73)(H,69,74)/t35?,36-,37-,40-,43-,44-,48+,49-,50-,52+,53+/m0/s1. The summed E-state index contributed by atoms with van der Waals surface area (Å²) < 4.78 is 5.63. The molecule has 2 fully saturated rings. The van der Waals surface area contributed by atoms with E-state index in [9.17, 15) is 38.4 Å². The molecule has 7 rings (SSSR count). The van der Waals surface area contributed by atoms with Gasteiger partial charge in [0.1, 0.15) is 23.9 Å². The molecular formula is C62H87N9O9. The summed E-state index contributed by atoms with van der Waals surface area (Å²) in [5.74, 6) is -3.30. The molecule has 2 aliphatic heterocycles. The lowest BCUT2D eigenvalue weighted by molar-refractivity contribution is -0.144. The van der Waals surface area contributed by atoms with E-state index >= 15 is 0 Å². The molecule has 434 valence electrons. The number of rotatable bonds is 19. The van der Waals surface area contributed by atoms with E-state index in [0.717, 1.165) is 49.7 Å². The van der Waals surface area contributed by atoms with Gasteiger partial charge >= 0.3 is 0 Å². The molecule has 80 heavy (non-hydrogen) atoms. The van der Waals surface area contributed by atoms with E-state index in [4.69, 9.17) is 4.74 Å². The van der Waals surface area contributed by atoms with Crippen LogP contribution in [0, 0.1) is 16.7 Å². The molecule has 7 amide bonds. The minimum atomic E-state index is -1.01. The zero-order chi connectivity index (χ0) is 58.4. The SMILES string of the molecule is CN[C@@H](C)C(=O)N[C@H](C(=O)N1C[C@@H](NC(=O)c2cc(OC)cc(C(=O)N[C@H]3C[C@@H](C(=O)C(C)C[C@@H]4CCCc5ccccc54)N(C(=O)[C@@H](NC(=O)[C@H](C)NC)C(C)(C)C)C3)c2)C[C@H]1C(=O)N[C@@H]1CCCc2ccccc21)C(C)(C)C. The van der Waals surface area contributed by atoms with E-state index < -0.39 is 88.7 Å². The molecule has 1 unspecified atom stereocenters. The number of Topliss-reactive ketones (excluding diaryl/α,β-unsaturated/α-hetero) is 1. The van der Waals surface area contributed by atoms with Crippen LogP contribution < -0.4 is 42.0 Å². The smallest absolute Gasteiger partial charge is 0.251 e. The number of ketones is 1. The number of methoxy groups -OCH3 is 1. The number of nitrogens with zero attached hydrogens (tertiary/aromatic N) is 2. The second-order valence-electron chi connectivity index (χ2n) is 24.9. The normalized spacial score (nSPS) is 22.8. The Morgan fingerprint density at radius 3 is 1.57 bits per heavy atom. The number of likely N-dealkylation sites (N-methyl/N-ethyl adjacent to an activating group) is 2. The fourth-order valence-electron chi connectivity index (χ4n) is 12.0. The van der Waals surface area contributed by atoms with Crippen molar-refractivity contribution in [3.8, 4) is 5.75 Å². The zero-order valence-corrected chi connectivity index (χ0v) is 49.0. The highest BCUT2D eigenvalue weighted by atomic mass is 16.5. The summed E-state index contributed by atoms with van der Waals surface area (Å²) in [5, 5.41) is 21.0. The van der Waals surface area contributed by atoms with Crippen molar-refractivity contribution in [3.05, 3.63) is 100 Å². The highest BCUT2D eigenvalue weighted by Crippen LogP contribution is 2.38. The number of fused-ring (bicyclic) bond motifs is 2. The lowest BCUT2D eigenvalue weighted by atomic mass is 9.77. The fourth-order valence-corrected chi connectivity index (χ4v) is 12.0. The maximum absolute atomic E-state index is 14.9. The summed E-state index contributed by atoms with van der Waals surface area (Å²) in [6.07, 6.45) is 6.25. The number of benzene rings is 3. The molecule has 2 saturated heterocycles. The van der Waals surface area contributed by atoms with Crippen molar-refractivity contribution in [2.24, 2.45) is 16.7 Å². The van der Waals surface area contributed by atoms with Crippen molar-refractivity contribution in [1.29, 1.82) is 0 Å². The van der Waals surface area contributed by atoms with Crippen molar-refractivity contribution in [2.75, 3.05) is 34.3 Å². The second kappa shape index (κ2) is 25.9. The molecule has 4 aliphatic rings. The van der Waals surface area contributed by atoms with Crippen LogP contribution in [0.15, 0.2) is 66.7 Å². The number of likely N-dealkylation sites (tertiary alicyclic amines) is 2. The van der Waals surface area contributed by atoms with Crippen molar-refractivity contribution >= 4 is 47.1 Å². The first kappa shape index (κ1) is 61.0. The van der Waals surface area contributed by atoms with Crippen LogP contribution in [0.25, 0.3) is 0 Å². The Balaban J connectivity index is 1.12. The van der Waals surface area contributed by atoms with Gasteiger partial charge in [0, 0.05) is 42.2 Å². The number of nitrogens with one attached hydrogen (secondary N) is 7. The molecule has 11 atom stereocenters. The molecule has 0 bridgehead atoms. The number of hydrogen-bond donors (Lipinski definition) is 7. The topological polar surface area (TPSA) is 236 Å². The van der Waals surface area contributed by atoms with Crippen LogP contribution in [0.5, 0.6) is 5.75 Å². The highest BCUT2D eigenvalue weighted by molar-refractivity contribution is 6.01. The van der Waals surface area contributed by atoms with Gasteiger partial charge in [-0.25, -0.2) is 0 Å². The van der Waals surface area contributed by atoms with Crippen molar-refractivity contribution in [3.63, 3.8) is 0 Å². The number of hydrogen-bond acceptors (Lipinski definition) is 11. The second-order valence-corrected chi connectivity index (χ2v) is 24.9. The quantitative estimate of drug-likeness (QED) is 0.0816. The molecule has 3 aromatic rings. The Bertz CT molecular complexity index is 2790. The van der Waals surface area contributed by atoms with Crippen LogP contribution in [-0.2, 0) is 41.6 Å². The first-order valence-electron chi connectivity index (χ1n) is 28.7. The van der Waals surface area contributed by atoms with Crippen LogP contribution in [-0.4, -0.2) is 140 Å². The summed E-state index contributed by atoms with van der Waals surface area (Å²) in [5.41, 5.74) is 3.38. The van der Waals surface area contributed by atoms with Gasteiger partial charge in [-0.3, -0.25) is 38.4 Å². The summed E-state index contributed by atoms with van der Waals surface area (Å²) in [7, 11) is 4.73. The Hall–Kier alpha value is -6.66. The third-order valence-corrected chi connectivity index (χ3v) is 16.9. The van der Waals surface area contributed by atoms with Gasteiger partial charge < -0.3 is 51.8 Å². The minimum Gasteiger partial charge on any atom is -0.497 e. The molecule has 0 radical (unpaired) electrons. The number of aryl methyl sites for hydroxylation is 2. The van der Waals surface area contributed by atoms with Gasteiger partial charge in [0.2, 0.25) is 29.5 Å². The number of carbonyl (C=O) groups is 8. The Labute approximate surface area is 472 Å². The van der Waals surface area contributed by atoms with E-state index in [2.05, 4.69) is 55.4 Å². The maximum atomic E-state index is 14.9. The molecule has 0 spiro atoms. The summed E-state index contributed by atoms with van der Waals surface area (Å²) >= 11 is 0. The van der Waals surface area contributed by atoms with E-state index in [-0.39, 0.29) is 78.3 Å². The molecule has 2 heterocycles. The van der Waals surface area contributed by atoms with Gasteiger partial charge in [0.25, 0.3) is 11.8 Å². The van der Waals surface area contributed by atoms with Crippen LogP contribution in [0.3, 0.4) is 0 Å². The van der Waals surface area contributed by atoms with Gasteiger partial charge in [-0.15, -0.1) is 0 Å². The average Bonchev–Trinajstić information content (AvgIpc) is 4.17. The molecular weight excluding hydrogens is 1010 g/mol. The highest BCUT2D eigenvalue weighted by Gasteiger charge is 2.48. The van der Waals surface area contributed by atoms with Gasteiger partial charge in [0.05, 0.1) is 31.3 Å². The van der Waals surface area contributed by atoms with Crippen LogP contribution in [0.4, 0.5) is 0 Å². The van der Waals surface area contributed by atoms with Crippen LogP contribution in [0.2, 0.25) is 0 Å². The molecule has 7 N–H and O–H groups in total. The van der Waals surface area contributed by atoms with Crippen molar-refractivity contribution < 1.29 is 43.1 Å². The largest absolute Gasteiger partial charge is 0.497 e. The fraction of sp³-hybridized carbons (Fsp3) is 0.581. The van der Waals surface area contributed by atoms with Crippen LogP contribution in [0.1, 0.15) is 162 Å². The maximum Gasteiger partial charge on any atom is 0.251 e. The average molecular weight is 1100 g/mol. The van der Waals surface area contributed by atoms with Gasteiger partial charge in [-0.05, 0) is 143 Å². The number of amides is 7. The van der Waals surface area contributed by atoms with Gasteiger partial charge in [0.15, 0.2) is 5.78 Å². The first-order chi connectivity index (χ1) is 37.8.